The molecule has 2 aromatic rings. The second kappa shape index (κ2) is 8.17. The molecule has 3 aliphatic rings. The molecule has 5 rings (SSSR count). The van der Waals surface area contributed by atoms with Crippen molar-refractivity contribution in [3.05, 3.63) is 59.8 Å². The summed E-state index contributed by atoms with van der Waals surface area (Å²) in [6.07, 6.45) is 5.33. The predicted molar refractivity (Wildman–Crippen MR) is 120 cm³/mol. The Labute approximate surface area is 192 Å². The van der Waals surface area contributed by atoms with E-state index in [-0.39, 0.29) is 46.9 Å². The Kier molecular flexibility index (Phi) is 5.31. The predicted octanol–water partition coefficient (Wildman–Crippen LogP) is 2.98. The van der Waals surface area contributed by atoms with Crippen molar-refractivity contribution < 1.29 is 19.1 Å². The number of pyridine rings is 1. The van der Waals surface area contributed by atoms with E-state index in [0.29, 0.717) is 6.42 Å². The minimum atomic E-state index is -0.564. The minimum Gasteiger partial charge on any atom is -0.474 e. The SMILES string of the molecule is C[C@@H](C[C@@H]1NC(=O)N(C2CC3(CC(Oc4ncccc4C(N)=O)C3)C2)C1=O)c1ccccc1. The molecule has 0 unspecified atom stereocenters. The summed E-state index contributed by atoms with van der Waals surface area (Å²) < 4.78 is 5.91. The summed E-state index contributed by atoms with van der Waals surface area (Å²) in [5.41, 5.74) is 6.92. The summed E-state index contributed by atoms with van der Waals surface area (Å²) in [4.78, 5) is 42.7. The number of rotatable bonds is 7. The standard InChI is InChI=1S/C25H28N4O4/c1-15(16-6-3-2-4-7-16)10-20-23(31)29(24(32)28-20)17-11-25(12-17)13-18(14-25)33-22-19(21(26)30)8-5-9-27-22/h2-9,15,17-18,20H,10-14H2,1H3,(H2,26,30)(H,28,32)/t15-,17?,18?,20-,25?/m0/s1. The van der Waals surface area contributed by atoms with Crippen LogP contribution in [0.25, 0.3) is 0 Å². The van der Waals surface area contributed by atoms with Crippen LogP contribution in [-0.2, 0) is 4.79 Å². The van der Waals surface area contributed by atoms with E-state index < -0.39 is 11.9 Å². The third-order valence-corrected chi connectivity index (χ3v) is 7.35. The zero-order valence-electron chi connectivity index (χ0n) is 18.6. The number of nitrogens with one attached hydrogen (secondary N) is 1. The molecule has 33 heavy (non-hydrogen) atoms. The smallest absolute Gasteiger partial charge is 0.325 e. The number of aromatic nitrogens is 1. The van der Waals surface area contributed by atoms with Gasteiger partial charge in [-0.25, -0.2) is 9.78 Å². The molecule has 2 heterocycles. The van der Waals surface area contributed by atoms with Crippen molar-refractivity contribution in [2.24, 2.45) is 11.1 Å². The summed E-state index contributed by atoms with van der Waals surface area (Å²) in [6, 6.07) is 12.5. The van der Waals surface area contributed by atoms with Gasteiger partial charge in [0, 0.05) is 12.2 Å². The number of amides is 4. The molecule has 1 spiro atoms. The molecule has 172 valence electrons. The molecule has 1 aliphatic heterocycles. The molecule has 2 atom stereocenters. The number of urea groups is 1. The van der Waals surface area contributed by atoms with E-state index in [4.69, 9.17) is 10.5 Å². The average molecular weight is 449 g/mol. The summed E-state index contributed by atoms with van der Waals surface area (Å²) in [7, 11) is 0. The van der Waals surface area contributed by atoms with Gasteiger partial charge in [0.2, 0.25) is 5.88 Å². The van der Waals surface area contributed by atoms with Crippen molar-refractivity contribution in [3.8, 4) is 5.88 Å². The second-order valence-corrected chi connectivity index (χ2v) is 9.69. The molecule has 1 aromatic heterocycles. The van der Waals surface area contributed by atoms with Gasteiger partial charge in [0.25, 0.3) is 11.8 Å². The lowest BCUT2D eigenvalue weighted by Gasteiger charge is -2.58. The fourth-order valence-electron chi connectivity index (χ4n) is 5.60. The number of hydrogen-bond donors (Lipinski definition) is 2. The lowest BCUT2D eigenvalue weighted by atomic mass is 9.52. The summed E-state index contributed by atoms with van der Waals surface area (Å²) in [5.74, 6) is -0.236. The van der Waals surface area contributed by atoms with Gasteiger partial charge >= 0.3 is 6.03 Å². The summed E-state index contributed by atoms with van der Waals surface area (Å²) >= 11 is 0. The van der Waals surface area contributed by atoms with Crippen molar-refractivity contribution in [1.29, 1.82) is 0 Å². The number of carbonyl (C=O) groups is 3. The van der Waals surface area contributed by atoms with E-state index in [2.05, 4.69) is 17.2 Å². The number of nitrogens with two attached hydrogens (primary N) is 1. The van der Waals surface area contributed by atoms with Crippen molar-refractivity contribution in [2.75, 3.05) is 0 Å². The highest BCUT2D eigenvalue weighted by Crippen LogP contribution is 2.58. The topological polar surface area (TPSA) is 115 Å². The van der Waals surface area contributed by atoms with E-state index in [9.17, 15) is 14.4 Å². The van der Waals surface area contributed by atoms with Gasteiger partial charge in [-0.15, -0.1) is 0 Å². The van der Waals surface area contributed by atoms with Crippen LogP contribution in [0.3, 0.4) is 0 Å². The zero-order valence-corrected chi connectivity index (χ0v) is 18.6. The van der Waals surface area contributed by atoms with Gasteiger partial charge in [0.05, 0.1) is 0 Å². The van der Waals surface area contributed by atoms with E-state index in [1.54, 1.807) is 18.3 Å². The van der Waals surface area contributed by atoms with E-state index in [1.807, 2.05) is 30.3 Å². The lowest BCUT2D eigenvalue weighted by molar-refractivity contribution is -0.141. The van der Waals surface area contributed by atoms with E-state index in [0.717, 1.165) is 31.2 Å². The van der Waals surface area contributed by atoms with Gasteiger partial charge in [-0.1, -0.05) is 37.3 Å². The Morgan fingerprint density at radius 1 is 1.18 bits per heavy atom. The summed E-state index contributed by atoms with van der Waals surface area (Å²) in [6.45, 7) is 2.08. The van der Waals surface area contributed by atoms with Crippen LogP contribution < -0.4 is 15.8 Å². The van der Waals surface area contributed by atoms with Crippen LogP contribution in [0.15, 0.2) is 48.7 Å². The van der Waals surface area contributed by atoms with Crippen LogP contribution in [0.2, 0.25) is 0 Å². The van der Waals surface area contributed by atoms with E-state index in [1.165, 1.54) is 4.90 Å². The molecule has 3 N–H and O–H groups in total. The number of benzene rings is 1. The van der Waals surface area contributed by atoms with Gasteiger partial charge in [-0.05, 0) is 61.1 Å². The first-order valence-electron chi connectivity index (χ1n) is 11.5. The monoisotopic (exact) mass is 448 g/mol. The highest BCUT2D eigenvalue weighted by molar-refractivity contribution is 6.04. The van der Waals surface area contributed by atoms with Gasteiger partial charge in [-0.3, -0.25) is 14.5 Å². The highest BCUT2D eigenvalue weighted by atomic mass is 16.5. The quantitative estimate of drug-likeness (QED) is 0.632. The fraction of sp³-hybridized carbons (Fsp3) is 0.440. The third kappa shape index (κ3) is 3.94. The van der Waals surface area contributed by atoms with Crippen LogP contribution in [0.4, 0.5) is 4.79 Å². The first-order chi connectivity index (χ1) is 15.8. The number of hydrogen-bond acceptors (Lipinski definition) is 5. The van der Waals surface area contributed by atoms with Crippen LogP contribution in [0, 0.1) is 5.41 Å². The number of primary amides is 1. The lowest BCUT2D eigenvalue weighted by Crippen LogP contribution is -2.60. The van der Waals surface area contributed by atoms with E-state index >= 15 is 0 Å². The average Bonchev–Trinajstić information content (AvgIpc) is 3.02. The Hall–Kier alpha value is -3.42. The van der Waals surface area contributed by atoms with Crippen LogP contribution in [0.1, 0.15) is 60.9 Å². The maximum Gasteiger partial charge on any atom is 0.325 e. The number of ether oxygens (including phenoxy) is 1. The van der Waals surface area contributed by atoms with Crippen molar-refractivity contribution >= 4 is 17.8 Å². The third-order valence-electron chi connectivity index (χ3n) is 7.35. The zero-order chi connectivity index (χ0) is 23.2. The first-order valence-corrected chi connectivity index (χ1v) is 11.5. The Bertz CT molecular complexity index is 1070. The Morgan fingerprint density at radius 3 is 2.61 bits per heavy atom. The molecule has 1 saturated heterocycles. The molecule has 0 radical (unpaired) electrons. The normalized spacial score (nSPS) is 29.2. The molecule has 8 nitrogen and oxygen atoms in total. The maximum absolute atomic E-state index is 13.0. The molecule has 3 fully saturated rings. The minimum absolute atomic E-state index is 0.0403. The Balaban J connectivity index is 1.14. The van der Waals surface area contributed by atoms with Crippen LogP contribution >= 0.6 is 0 Å². The Morgan fingerprint density at radius 2 is 1.91 bits per heavy atom. The molecule has 2 saturated carbocycles. The van der Waals surface area contributed by atoms with Crippen molar-refractivity contribution in [3.63, 3.8) is 0 Å². The largest absolute Gasteiger partial charge is 0.474 e. The van der Waals surface area contributed by atoms with Gasteiger partial charge in [0.1, 0.15) is 17.7 Å². The van der Waals surface area contributed by atoms with Gasteiger partial charge in [-0.2, -0.15) is 0 Å². The fourth-order valence-corrected chi connectivity index (χ4v) is 5.60. The number of imide groups is 1. The highest BCUT2D eigenvalue weighted by Gasteiger charge is 2.58. The molecular weight excluding hydrogens is 420 g/mol. The van der Waals surface area contributed by atoms with Crippen molar-refractivity contribution in [1.82, 2.24) is 15.2 Å². The number of carbonyl (C=O) groups excluding carboxylic acids is 3. The van der Waals surface area contributed by atoms with Gasteiger partial charge in [0.15, 0.2) is 0 Å². The first kappa shape index (κ1) is 21.4. The molecule has 8 heteroatoms. The van der Waals surface area contributed by atoms with Crippen molar-refractivity contribution in [2.45, 2.75) is 63.1 Å². The number of nitrogens with zero attached hydrogens (tertiary/aromatic N) is 2. The molecule has 2 aliphatic carbocycles. The molecule has 4 amide bonds. The van der Waals surface area contributed by atoms with Crippen LogP contribution in [-0.4, -0.2) is 45.9 Å². The summed E-state index contributed by atoms with van der Waals surface area (Å²) in [5, 5.41) is 2.89. The van der Waals surface area contributed by atoms with Crippen LogP contribution in [0.5, 0.6) is 5.88 Å². The maximum atomic E-state index is 13.0. The molecule has 1 aromatic carbocycles. The second-order valence-electron chi connectivity index (χ2n) is 9.69. The van der Waals surface area contributed by atoms with Gasteiger partial charge < -0.3 is 15.8 Å². The molecular formula is C25H28N4O4. The molecule has 0 bridgehead atoms.